The molecule has 0 unspecified atom stereocenters. The highest BCUT2D eigenvalue weighted by atomic mass is 16.4. The fourth-order valence-corrected chi connectivity index (χ4v) is 0.500. The molecule has 12 heavy (non-hydrogen) atoms. The monoisotopic (exact) mass is 172 g/mol. The third-order valence-corrected chi connectivity index (χ3v) is 1.32. The first-order valence-electron chi connectivity index (χ1n) is 4.45. The summed E-state index contributed by atoms with van der Waals surface area (Å²) in [6, 6.07) is 0. The number of carboxylic acids is 1. The Morgan fingerprint density at radius 2 is 1.50 bits per heavy atom. The van der Waals surface area contributed by atoms with Crippen molar-refractivity contribution >= 4 is 5.97 Å². The van der Waals surface area contributed by atoms with Crippen LogP contribution in [0.1, 0.15) is 46.5 Å². The largest absolute Gasteiger partial charge is 0.478 e. The van der Waals surface area contributed by atoms with Crippen LogP contribution in [0.25, 0.3) is 0 Å². The van der Waals surface area contributed by atoms with E-state index in [1.807, 2.05) is 0 Å². The quantitative estimate of drug-likeness (QED) is 0.522. The minimum atomic E-state index is -0.935. The molecule has 0 aliphatic rings. The summed E-state index contributed by atoms with van der Waals surface area (Å²) < 4.78 is 0. The predicted molar refractivity (Wildman–Crippen MR) is 52.3 cm³/mol. The fraction of sp³-hybridized carbons (Fsp3) is 0.700. The Balaban J connectivity index is 0. The average molecular weight is 172 g/mol. The molecule has 0 aromatic carbocycles. The van der Waals surface area contributed by atoms with Crippen LogP contribution in [0.5, 0.6) is 0 Å². The SMILES string of the molecule is C=C(C)C(=O)O.CCCCCC. The molecule has 0 rings (SSSR count). The highest BCUT2D eigenvalue weighted by Gasteiger charge is 1.90. The van der Waals surface area contributed by atoms with Gasteiger partial charge in [0.15, 0.2) is 0 Å². The van der Waals surface area contributed by atoms with Gasteiger partial charge in [-0.2, -0.15) is 0 Å². The maximum absolute atomic E-state index is 9.60. The van der Waals surface area contributed by atoms with Gasteiger partial charge < -0.3 is 5.11 Å². The van der Waals surface area contributed by atoms with Crippen molar-refractivity contribution in [2.45, 2.75) is 46.5 Å². The first-order valence-corrected chi connectivity index (χ1v) is 4.45. The van der Waals surface area contributed by atoms with Gasteiger partial charge in [0, 0.05) is 5.57 Å². The molecule has 0 atom stereocenters. The van der Waals surface area contributed by atoms with Crippen LogP contribution in [0.15, 0.2) is 12.2 Å². The summed E-state index contributed by atoms with van der Waals surface area (Å²) in [6.45, 7) is 9.07. The Morgan fingerprint density at radius 3 is 1.58 bits per heavy atom. The van der Waals surface area contributed by atoms with Crippen molar-refractivity contribution in [3.63, 3.8) is 0 Å². The van der Waals surface area contributed by atoms with Crippen LogP contribution in [0.3, 0.4) is 0 Å². The van der Waals surface area contributed by atoms with Gasteiger partial charge in [-0.1, -0.05) is 46.1 Å². The molecule has 0 amide bonds. The van der Waals surface area contributed by atoms with E-state index in [0.29, 0.717) is 0 Å². The van der Waals surface area contributed by atoms with Gasteiger partial charge in [-0.3, -0.25) is 0 Å². The highest BCUT2D eigenvalue weighted by molar-refractivity contribution is 5.84. The second-order valence-electron chi connectivity index (χ2n) is 2.79. The number of unbranched alkanes of at least 4 members (excludes halogenated alkanes) is 3. The highest BCUT2D eigenvalue weighted by Crippen LogP contribution is 1.95. The maximum Gasteiger partial charge on any atom is 0.330 e. The number of rotatable bonds is 4. The molecule has 0 bridgehead atoms. The summed E-state index contributed by atoms with van der Waals surface area (Å²) >= 11 is 0. The summed E-state index contributed by atoms with van der Waals surface area (Å²) in [7, 11) is 0. The van der Waals surface area contributed by atoms with Gasteiger partial charge in [-0.25, -0.2) is 4.79 Å². The summed E-state index contributed by atoms with van der Waals surface area (Å²) in [4.78, 5) is 9.60. The summed E-state index contributed by atoms with van der Waals surface area (Å²) in [6.07, 6.45) is 5.54. The molecule has 1 N–H and O–H groups in total. The van der Waals surface area contributed by atoms with Crippen LogP contribution in [0.4, 0.5) is 0 Å². The fourth-order valence-electron chi connectivity index (χ4n) is 0.500. The van der Waals surface area contributed by atoms with E-state index in [4.69, 9.17) is 5.11 Å². The van der Waals surface area contributed by atoms with Crippen molar-refractivity contribution in [3.8, 4) is 0 Å². The minimum absolute atomic E-state index is 0.176. The normalized spacial score (nSPS) is 8.25. The number of hydrogen-bond donors (Lipinski definition) is 1. The molecule has 72 valence electrons. The van der Waals surface area contributed by atoms with Gasteiger partial charge in [0.2, 0.25) is 0 Å². The Hall–Kier alpha value is -0.790. The average Bonchev–Trinajstić information content (AvgIpc) is 2.02. The van der Waals surface area contributed by atoms with Gasteiger partial charge in [0.25, 0.3) is 0 Å². The molecular weight excluding hydrogens is 152 g/mol. The van der Waals surface area contributed by atoms with E-state index < -0.39 is 5.97 Å². The van der Waals surface area contributed by atoms with Gasteiger partial charge in [-0.05, 0) is 6.92 Å². The van der Waals surface area contributed by atoms with Crippen LogP contribution in [-0.2, 0) is 4.79 Å². The van der Waals surface area contributed by atoms with Crippen molar-refractivity contribution < 1.29 is 9.90 Å². The van der Waals surface area contributed by atoms with Crippen molar-refractivity contribution in [3.05, 3.63) is 12.2 Å². The molecule has 2 heteroatoms. The maximum atomic E-state index is 9.60. The number of aliphatic carboxylic acids is 1. The van der Waals surface area contributed by atoms with Crippen molar-refractivity contribution in [1.82, 2.24) is 0 Å². The van der Waals surface area contributed by atoms with Gasteiger partial charge >= 0.3 is 5.97 Å². The molecule has 0 aromatic heterocycles. The second-order valence-corrected chi connectivity index (χ2v) is 2.79. The van der Waals surface area contributed by atoms with Crippen LogP contribution in [0.2, 0.25) is 0 Å². The molecule has 0 aromatic rings. The van der Waals surface area contributed by atoms with Gasteiger partial charge in [0.05, 0.1) is 0 Å². The third kappa shape index (κ3) is 16.1. The Morgan fingerprint density at radius 1 is 1.25 bits per heavy atom. The number of carbonyl (C=O) groups is 1. The Kier molecular flexibility index (Phi) is 11.7. The van der Waals surface area contributed by atoms with E-state index in [-0.39, 0.29) is 5.57 Å². The zero-order valence-corrected chi connectivity index (χ0v) is 8.39. The smallest absolute Gasteiger partial charge is 0.330 e. The number of carboxylic acid groups (broad SMARTS) is 1. The van der Waals surface area contributed by atoms with E-state index in [1.165, 1.54) is 32.6 Å². The molecule has 0 radical (unpaired) electrons. The van der Waals surface area contributed by atoms with E-state index in [1.54, 1.807) is 0 Å². The molecule has 2 nitrogen and oxygen atoms in total. The second kappa shape index (κ2) is 10.2. The molecule has 0 fully saturated rings. The lowest BCUT2D eigenvalue weighted by Gasteiger charge is -1.86. The zero-order chi connectivity index (χ0) is 9.98. The molecule has 0 saturated heterocycles. The Bertz CT molecular complexity index is 112. The third-order valence-electron chi connectivity index (χ3n) is 1.32. The van der Waals surface area contributed by atoms with E-state index in [2.05, 4.69) is 20.4 Å². The van der Waals surface area contributed by atoms with Crippen LogP contribution in [0, 0.1) is 0 Å². The molecule has 0 aliphatic carbocycles. The summed E-state index contributed by atoms with van der Waals surface area (Å²) in [5.74, 6) is -0.935. The first kappa shape index (κ1) is 13.8. The molecular formula is C10H20O2. The standard InChI is InChI=1S/C6H14.C4H6O2/c1-3-5-6-4-2;1-3(2)4(5)6/h3-6H2,1-2H3;1H2,2H3,(H,5,6). The molecule has 0 aliphatic heterocycles. The first-order chi connectivity index (χ1) is 5.56. The lowest BCUT2D eigenvalue weighted by atomic mass is 10.2. The molecule has 0 heterocycles. The lowest BCUT2D eigenvalue weighted by molar-refractivity contribution is -0.132. The van der Waals surface area contributed by atoms with Gasteiger partial charge in [0.1, 0.15) is 0 Å². The topological polar surface area (TPSA) is 37.3 Å². The van der Waals surface area contributed by atoms with Gasteiger partial charge in [-0.15, -0.1) is 0 Å². The van der Waals surface area contributed by atoms with Crippen molar-refractivity contribution in [1.29, 1.82) is 0 Å². The summed E-state index contributed by atoms with van der Waals surface area (Å²) in [5, 5.41) is 7.89. The Labute approximate surface area is 75.3 Å². The molecule has 0 saturated carbocycles. The lowest BCUT2D eigenvalue weighted by Crippen LogP contribution is -1.92. The molecule has 0 spiro atoms. The summed E-state index contributed by atoms with van der Waals surface area (Å²) in [5.41, 5.74) is 0.176. The van der Waals surface area contributed by atoms with Crippen LogP contribution >= 0.6 is 0 Å². The minimum Gasteiger partial charge on any atom is -0.478 e. The predicted octanol–water partition coefficient (Wildman–Crippen LogP) is 3.23. The van der Waals surface area contributed by atoms with E-state index >= 15 is 0 Å². The van der Waals surface area contributed by atoms with Crippen molar-refractivity contribution in [2.75, 3.05) is 0 Å². The van der Waals surface area contributed by atoms with E-state index in [9.17, 15) is 4.79 Å². The zero-order valence-electron chi connectivity index (χ0n) is 8.39. The van der Waals surface area contributed by atoms with Crippen molar-refractivity contribution in [2.24, 2.45) is 0 Å². The van der Waals surface area contributed by atoms with Crippen LogP contribution in [-0.4, -0.2) is 11.1 Å². The van der Waals surface area contributed by atoms with Crippen LogP contribution < -0.4 is 0 Å². The number of hydrogen-bond acceptors (Lipinski definition) is 1. The van der Waals surface area contributed by atoms with E-state index in [0.717, 1.165) is 0 Å².